The van der Waals surface area contributed by atoms with Crippen LogP contribution in [0.2, 0.25) is 0 Å². The van der Waals surface area contributed by atoms with E-state index in [4.69, 9.17) is 9.47 Å². The maximum Gasteiger partial charge on any atom is 0.271 e. The van der Waals surface area contributed by atoms with Gasteiger partial charge in [-0.15, -0.1) is 0 Å². The number of ether oxygens (including phenoxy) is 2. The molecular formula is C21H28N2O3. The van der Waals surface area contributed by atoms with Gasteiger partial charge in [-0.3, -0.25) is 4.79 Å². The molecule has 4 aliphatic rings. The molecule has 1 aromatic carbocycles. The minimum Gasteiger partial charge on any atom is -0.493 e. The van der Waals surface area contributed by atoms with E-state index in [0.29, 0.717) is 28.9 Å². The molecule has 1 N–H and O–H groups in total. The lowest BCUT2D eigenvalue weighted by atomic mass is 9.55. The van der Waals surface area contributed by atoms with Gasteiger partial charge in [-0.05, 0) is 87.8 Å². The summed E-state index contributed by atoms with van der Waals surface area (Å²) in [6.07, 6.45) is 6.50. The molecule has 4 fully saturated rings. The van der Waals surface area contributed by atoms with E-state index in [9.17, 15) is 4.79 Å². The molecule has 4 saturated carbocycles. The third kappa shape index (κ3) is 3.31. The molecule has 4 aliphatic carbocycles. The largest absolute Gasteiger partial charge is 0.493 e. The molecule has 0 aromatic heterocycles. The number of carbonyl (C=O) groups excluding carboxylic acids is 1. The Bertz CT molecular complexity index is 696. The van der Waals surface area contributed by atoms with E-state index < -0.39 is 0 Å². The van der Waals surface area contributed by atoms with Crippen molar-refractivity contribution in [3.05, 3.63) is 23.8 Å². The summed E-state index contributed by atoms with van der Waals surface area (Å²) in [4.78, 5) is 12.6. The Morgan fingerprint density at radius 3 is 2.31 bits per heavy atom. The van der Waals surface area contributed by atoms with Gasteiger partial charge in [0.25, 0.3) is 5.91 Å². The standard InChI is InChI=1S/C21H28N2O3/c1-12(2)26-18-5-4-15(11-19(18)25-3)21(24)23-22-20-16-7-13-6-14(9-16)10-17(20)8-13/h4-5,11-14,16-17H,6-10H2,1-3H3,(H,23,24). The van der Waals surface area contributed by atoms with Gasteiger partial charge >= 0.3 is 0 Å². The van der Waals surface area contributed by atoms with Crippen LogP contribution in [0.1, 0.15) is 56.3 Å². The van der Waals surface area contributed by atoms with Gasteiger partial charge in [0.15, 0.2) is 11.5 Å². The monoisotopic (exact) mass is 356 g/mol. The zero-order valence-electron chi connectivity index (χ0n) is 15.8. The summed E-state index contributed by atoms with van der Waals surface area (Å²) < 4.78 is 11.1. The number of rotatable bonds is 5. The average Bonchev–Trinajstić information content (AvgIpc) is 2.60. The maximum atomic E-state index is 12.6. The van der Waals surface area contributed by atoms with Crippen molar-refractivity contribution in [2.45, 2.75) is 52.1 Å². The van der Waals surface area contributed by atoms with Crippen molar-refractivity contribution in [2.24, 2.45) is 28.8 Å². The second kappa shape index (κ2) is 6.93. The number of hydrogen-bond acceptors (Lipinski definition) is 4. The molecule has 0 saturated heterocycles. The summed E-state index contributed by atoms with van der Waals surface area (Å²) >= 11 is 0. The van der Waals surface area contributed by atoms with Gasteiger partial charge in [0.05, 0.1) is 13.2 Å². The van der Waals surface area contributed by atoms with Crippen molar-refractivity contribution >= 4 is 11.6 Å². The molecule has 0 spiro atoms. The molecular weight excluding hydrogens is 328 g/mol. The third-order valence-corrected chi connectivity index (χ3v) is 6.05. The van der Waals surface area contributed by atoms with E-state index in [0.717, 1.165) is 11.8 Å². The minimum atomic E-state index is -0.194. The lowest BCUT2D eigenvalue weighted by molar-refractivity contribution is 0.0942. The SMILES string of the molecule is COc1cc(C(=O)NN=C2C3CC4CC(C3)CC2C4)ccc1OC(C)C. The highest BCUT2D eigenvalue weighted by Crippen LogP contribution is 2.52. The summed E-state index contributed by atoms with van der Waals surface area (Å²) in [6.45, 7) is 3.92. The molecule has 5 heteroatoms. The van der Waals surface area contributed by atoms with Crippen LogP contribution < -0.4 is 14.9 Å². The second-order valence-corrected chi connectivity index (χ2v) is 8.31. The molecule has 4 bridgehead atoms. The van der Waals surface area contributed by atoms with E-state index in [1.165, 1.54) is 37.8 Å². The number of nitrogens with one attached hydrogen (secondary N) is 1. The van der Waals surface area contributed by atoms with Crippen molar-refractivity contribution in [1.29, 1.82) is 0 Å². The Morgan fingerprint density at radius 1 is 1.08 bits per heavy atom. The van der Waals surface area contributed by atoms with E-state index >= 15 is 0 Å². The summed E-state index contributed by atoms with van der Waals surface area (Å²) in [5, 5.41) is 4.57. The molecule has 0 unspecified atom stereocenters. The predicted octanol–water partition coefficient (Wildman–Crippen LogP) is 4.02. The van der Waals surface area contributed by atoms with Gasteiger partial charge in [0, 0.05) is 11.3 Å². The van der Waals surface area contributed by atoms with Crippen LogP contribution in [0.5, 0.6) is 11.5 Å². The van der Waals surface area contributed by atoms with Crippen molar-refractivity contribution in [3.63, 3.8) is 0 Å². The first kappa shape index (κ1) is 17.4. The quantitative estimate of drug-likeness (QED) is 0.811. The van der Waals surface area contributed by atoms with Gasteiger partial charge in [0.2, 0.25) is 0 Å². The average molecular weight is 356 g/mol. The summed E-state index contributed by atoms with van der Waals surface area (Å²) in [5.41, 5.74) is 4.56. The molecule has 5 nitrogen and oxygen atoms in total. The number of hydrazone groups is 1. The summed E-state index contributed by atoms with van der Waals surface area (Å²) in [6, 6.07) is 5.25. The zero-order chi connectivity index (χ0) is 18.3. The topological polar surface area (TPSA) is 59.9 Å². The Morgan fingerprint density at radius 2 is 1.73 bits per heavy atom. The highest BCUT2D eigenvalue weighted by Gasteiger charge is 2.46. The molecule has 0 atom stereocenters. The van der Waals surface area contributed by atoms with Gasteiger partial charge in [-0.1, -0.05) is 0 Å². The van der Waals surface area contributed by atoms with Crippen LogP contribution in [0.15, 0.2) is 23.3 Å². The molecule has 1 amide bonds. The normalized spacial score (nSPS) is 29.0. The van der Waals surface area contributed by atoms with Crippen molar-refractivity contribution in [2.75, 3.05) is 7.11 Å². The van der Waals surface area contributed by atoms with Gasteiger partial charge in [0.1, 0.15) is 0 Å². The van der Waals surface area contributed by atoms with E-state index in [-0.39, 0.29) is 12.0 Å². The number of amides is 1. The minimum absolute atomic E-state index is 0.0481. The number of methoxy groups -OCH3 is 1. The maximum absolute atomic E-state index is 12.6. The second-order valence-electron chi connectivity index (χ2n) is 8.31. The van der Waals surface area contributed by atoms with Crippen molar-refractivity contribution < 1.29 is 14.3 Å². The number of benzene rings is 1. The highest BCUT2D eigenvalue weighted by atomic mass is 16.5. The van der Waals surface area contributed by atoms with Crippen molar-refractivity contribution in [3.8, 4) is 11.5 Å². The first-order chi connectivity index (χ1) is 12.5. The number of nitrogens with zero attached hydrogens (tertiary/aromatic N) is 1. The fourth-order valence-electron chi connectivity index (χ4n) is 5.19. The first-order valence-corrected chi connectivity index (χ1v) is 9.76. The number of hydrogen-bond donors (Lipinski definition) is 1. The van der Waals surface area contributed by atoms with E-state index in [1.807, 2.05) is 13.8 Å². The van der Waals surface area contributed by atoms with E-state index in [2.05, 4.69) is 10.5 Å². The molecule has 5 rings (SSSR count). The Kier molecular flexibility index (Phi) is 4.63. The van der Waals surface area contributed by atoms with Crippen LogP contribution in [-0.4, -0.2) is 24.8 Å². The van der Waals surface area contributed by atoms with Gasteiger partial charge in [-0.2, -0.15) is 5.10 Å². The van der Waals surface area contributed by atoms with Crippen molar-refractivity contribution in [1.82, 2.24) is 5.43 Å². The third-order valence-electron chi connectivity index (χ3n) is 6.05. The Labute approximate surface area is 155 Å². The first-order valence-electron chi connectivity index (χ1n) is 9.76. The van der Waals surface area contributed by atoms with Crippen LogP contribution in [0, 0.1) is 23.7 Å². The smallest absolute Gasteiger partial charge is 0.271 e. The highest BCUT2D eigenvalue weighted by molar-refractivity contribution is 5.97. The molecule has 0 heterocycles. The Hall–Kier alpha value is -2.04. The predicted molar refractivity (Wildman–Crippen MR) is 101 cm³/mol. The molecule has 0 radical (unpaired) electrons. The van der Waals surface area contributed by atoms with Gasteiger partial charge < -0.3 is 9.47 Å². The zero-order valence-corrected chi connectivity index (χ0v) is 15.8. The summed E-state index contributed by atoms with van der Waals surface area (Å²) in [7, 11) is 1.58. The molecule has 1 aromatic rings. The van der Waals surface area contributed by atoms with Crippen LogP contribution in [-0.2, 0) is 0 Å². The van der Waals surface area contributed by atoms with Crippen LogP contribution in [0.3, 0.4) is 0 Å². The van der Waals surface area contributed by atoms with E-state index in [1.54, 1.807) is 25.3 Å². The molecule has 26 heavy (non-hydrogen) atoms. The van der Waals surface area contributed by atoms with Gasteiger partial charge in [-0.25, -0.2) is 5.43 Å². The van der Waals surface area contributed by atoms with Crippen LogP contribution in [0.25, 0.3) is 0 Å². The molecule has 0 aliphatic heterocycles. The Balaban J connectivity index is 1.47. The lowest BCUT2D eigenvalue weighted by Crippen LogP contribution is -2.46. The fraction of sp³-hybridized carbons (Fsp3) is 0.619. The number of carbonyl (C=O) groups is 1. The lowest BCUT2D eigenvalue weighted by Gasteiger charge is -2.50. The molecule has 140 valence electrons. The summed E-state index contributed by atoms with van der Waals surface area (Å²) in [5.74, 6) is 3.97. The van der Waals surface area contributed by atoms with Crippen LogP contribution >= 0.6 is 0 Å². The van der Waals surface area contributed by atoms with Crippen LogP contribution in [0.4, 0.5) is 0 Å². The fourth-order valence-corrected chi connectivity index (χ4v) is 5.19.